The van der Waals surface area contributed by atoms with Gasteiger partial charge in [-0.3, -0.25) is 13.9 Å². The first-order chi connectivity index (χ1) is 18.9. The van der Waals surface area contributed by atoms with Crippen LogP contribution >= 0.6 is 0 Å². The van der Waals surface area contributed by atoms with Crippen LogP contribution in [-0.2, 0) is 32.6 Å². The second-order valence-corrected chi connectivity index (χ2v) is 12.9. The molecule has 8 heteroatoms. The van der Waals surface area contributed by atoms with Crippen LogP contribution in [0.25, 0.3) is 0 Å². The predicted octanol–water partition coefficient (Wildman–Crippen LogP) is 5.47. The molecule has 0 aromatic heterocycles. The van der Waals surface area contributed by atoms with Crippen LogP contribution in [0.3, 0.4) is 0 Å². The van der Waals surface area contributed by atoms with Gasteiger partial charge in [0.25, 0.3) is 10.0 Å². The van der Waals surface area contributed by atoms with Gasteiger partial charge in [-0.25, -0.2) is 8.42 Å². The number of hydrogen-bond donors (Lipinski definition) is 1. The number of anilines is 1. The van der Waals surface area contributed by atoms with Crippen LogP contribution in [0.4, 0.5) is 5.69 Å². The van der Waals surface area contributed by atoms with Crippen molar-refractivity contribution in [1.82, 2.24) is 10.2 Å². The molecule has 0 aliphatic heterocycles. The molecule has 0 saturated carbocycles. The maximum atomic E-state index is 14.1. The van der Waals surface area contributed by atoms with Gasteiger partial charge in [-0.15, -0.1) is 0 Å². The van der Waals surface area contributed by atoms with Crippen molar-refractivity contribution in [3.63, 3.8) is 0 Å². The lowest BCUT2D eigenvalue weighted by atomic mass is 10.1. The molecule has 0 radical (unpaired) electrons. The Hall–Kier alpha value is -3.65. The molecule has 0 saturated heterocycles. The number of amides is 2. The summed E-state index contributed by atoms with van der Waals surface area (Å²) in [5.74, 6) is -0.740. The predicted molar refractivity (Wildman–Crippen MR) is 160 cm³/mol. The SMILES string of the molecule is CCc1ccc(N(CC(=O)N(Cc2ccc(C)cc2)[C@@H](CC)C(=O)NC(C)(C)C)S(=O)(=O)c2ccccc2)cc1. The molecule has 0 aliphatic rings. The fraction of sp³-hybridized carbons (Fsp3) is 0.375. The number of carbonyl (C=O) groups excluding carboxylic acids is 2. The van der Waals surface area contributed by atoms with Crippen LogP contribution in [0, 0.1) is 6.92 Å². The first-order valence-electron chi connectivity index (χ1n) is 13.7. The molecule has 0 aliphatic carbocycles. The minimum absolute atomic E-state index is 0.0879. The maximum absolute atomic E-state index is 14.1. The van der Waals surface area contributed by atoms with E-state index in [0.717, 1.165) is 27.4 Å². The van der Waals surface area contributed by atoms with Crippen LogP contribution in [-0.4, -0.2) is 43.3 Å². The summed E-state index contributed by atoms with van der Waals surface area (Å²) in [7, 11) is -4.08. The molecule has 0 heterocycles. The third-order valence-electron chi connectivity index (χ3n) is 6.60. The van der Waals surface area contributed by atoms with E-state index < -0.39 is 34.1 Å². The normalized spacial score (nSPS) is 12.4. The quantitative estimate of drug-likeness (QED) is 0.335. The van der Waals surface area contributed by atoms with Gasteiger partial charge < -0.3 is 10.2 Å². The molecule has 1 N–H and O–H groups in total. The second-order valence-electron chi connectivity index (χ2n) is 11.0. The summed E-state index contributed by atoms with van der Waals surface area (Å²) in [4.78, 5) is 29.1. The van der Waals surface area contributed by atoms with Crippen LogP contribution in [0.5, 0.6) is 0 Å². The number of sulfonamides is 1. The molecule has 0 fully saturated rings. The summed E-state index contributed by atoms with van der Waals surface area (Å²) in [5.41, 5.74) is 2.88. The molecule has 0 unspecified atom stereocenters. The number of aryl methyl sites for hydroxylation is 2. The van der Waals surface area contributed by atoms with Crippen molar-refractivity contribution in [1.29, 1.82) is 0 Å². The van der Waals surface area contributed by atoms with Crippen molar-refractivity contribution in [3.8, 4) is 0 Å². The van der Waals surface area contributed by atoms with Gasteiger partial charge in [0.15, 0.2) is 0 Å². The van der Waals surface area contributed by atoms with Crippen molar-refractivity contribution in [2.24, 2.45) is 0 Å². The highest BCUT2D eigenvalue weighted by atomic mass is 32.2. The van der Waals surface area contributed by atoms with E-state index in [1.54, 1.807) is 30.3 Å². The van der Waals surface area contributed by atoms with Crippen LogP contribution in [0.1, 0.15) is 57.7 Å². The van der Waals surface area contributed by atoms with E-state index >= 15 is 0 Å². The summed E-state index contributed by atoms with van der Waals surface area (Å²) < 4.78 is 28.9. The van der Waals surface area contributed by atoms with Gasteiger partial charge in [-0.2, -0.15) is 0 Å². The van der Waals surface area contributed by atoms with Gasteiger partial charge in [0.1, 0.15) is 12.6 Å². The van der Waals surface area contributed by atoms with Crippen molar-refractivity contribution >= 4 is 27.5 Å². The zero-order valence-corrected chi connectivity index (χ0v) is 25.2. The van der Waals surface area contributed by atoms with Gasteiger partial charge in [0.05, 0.1) is 10.6 Å². The first kappa shape index (κ1) is 30.9. The summed E-state index contributed by atoms with van der Waals surface area (Å²) in [5, 5.41) is 2.99. The molecule has 2 amide bonds. The zero-order valence-electron chi connectivity index (χ0n) is 24.3. The smallest absolute Gasteiger partial charge is 0.264 e. The van der Waals surface area contributed by atoms with Gasteiger partial charge >= 0.3 is 0 Å². The molecule has 3 rings (SSSR count). The van der Waals surface area contributed by atoms with E-state index in [2.05, 4.69) is 5.32 Å². The molecule has 40 heavy (non-hydrogen) atoms. The summed E-state index contributed by atoms with van der Waals surface area (Å²) in [6.45, 7) is 11.2. The third-order valence-corrected chi connectivity index (χ3v) is 8.39. The van der Waals surface area contributed by atoms with Crippen molar-refractivity contribution in [2.45, 2.75) is 77.4 Å². The number of rotatable bonds is 11. The van der Waals surface area contributed by atoms with Crippen LogP contribution in [0.2, 0.25) is 0 Å². The molecule has 0 spiro atoms. The highest BCUT2D eigenvalue weighted by Crippen LogP contribution is 2.25. The van der Waals surface area contributed by atoms with Crippen LogP contribution < -0.4 is 9.62 Å². The standard InChI is InChI=1S/C32H41N3O4S/c1-7-25-18-20-27(21-19-25)35(40(38,39)28-12-10-9-11-13-28)23-30(36)34(22-26-16-14-24(3)15-17-26)29(8-2)31(37)33-32(4,5)6/h9-21,29H,7-8,22-23H2,1-6H3,(H,33,37)/t29-/m0/s1. The van der Waals surface area contributed by atoms with E-state index in [9.17, 15) is 18.0 Å². The Labute approximate surface area is 239 Å². The fourth-order valence-corrected chi connectivity index (χ4v) is 5.84. The van der Waals surface area contributed by atoms with Gasteiger partial charge in [-0.1, -0.05) is 74.0 Å². The number of carbonyl (C=O) groups is 2. The maximum Gasteiger partial charge on any atom is 0.264 e. The van der Waals surface area contributed by atoms with Gasteiger partial charge in [0.2, 0.25) is 11.8 Å². The van der Waals surface area contributed by atoms with Crippen molar-refractivity contribution in [3.05, 3.63) is 95.6 Å². The Bertz CT molecular complexity index is 1380. The Balaban J connectivity index is 2.06. The molecule has 7 nitrogen and oxygen atoms in total. The molecule has 3 aromatic rings. The second kappa shape index (κ2) is 13.1. The average molecular weight is 564 g/mol. The average Bonchev–Trinajstić information content (AvgIpc) is 2.92. The number of nitrogens with zero attached hydrogens (tertiary/aromatic N) is 2. The minimum atomic E-state index is -4.08. The highest BCUT2D eigenvalue weighted by molar-refractivity contribution is 7.92. The minimum Gasteiger partial charge on any atom is -0.350 e. The fourth-order valence-electron chi connectivity index (χ4n) is 4.41. The monoisotopic (exact) mass is 563 g/mol. The van der Waals surface area contributed by atoms with E-state index in [4.69, 9.17) is 0 Å². The molecule has 214 valence electrons. The van der Waals surface area contributed by atoms with E-state index in [1.807, 2.05) is 77.9 Å². The molecule has 0 bridgehead atoms. The number of benzene rings is 3. The number of hydrogen-bond acceptors (Lipinski definition) is 4. The van der Waals surface area contributed by atoms with Crippen LogP contribution in [0.15, 0.2) is 83.8 Å². The molecule has 1 atom stereocenters. The highest BCUT2D eigenvalue weighted by Gasteiger charge is 2.34. The van der Waals surface area contributed by atoms with E-state index in [0.29, 0.717) is 12.1 Å². The summed E-state index contributed by atoms with van der Waals surface area (Å²) in [6.07, 6.45) is 1.17. The van der Waals surface area contributed by atoms with Crippen molar-refractivity contribution in [2.75, 3.05) is 10.8 Å². The Morgan fingerprint density at radius 1 is 0.850 bits per heavy atom. The zero-order chi connectivity index (χ0) is 29.5. The van der Waals surface area contributed by atoms with Gasteiger partial charge in [0, 0.05) is 12.1 Å². The lowest BCUT2D eigenvalue weighted by Crippen LogP contribution is -2.55. The Kier molecular flexibility index (Phi) is 10.1. The summed E-state index contributed by atoms with van der Waals surface area (Å²) >= 11 is 0. The summed E-state index contributed by atoms with van der Waals surface area (Å²) in [6, 6.07) is 22.2. The molecule has 3 aromatic carbocycles. The lowest BCUT2D eigenvalue weighted by Gasteiger charge is -2.34. The number of nitrogens with one attached hydrogen (secondary N) is 1. The topological polar surface area (TPSA) is 86.8 Å². The first-order valence-corrected chi connectivity index (χ1v) is 15.1. The van der Waals surface area contributed by atoms with E-state index in [-0.39, 0.29) is 17.3 Å². The molecular weight excluding hydrogens is 522 g/mol. The van der Waals surface area contributed by atoms with E-state index in [1.165, 1.54) is 17.0 Å². The largest absolute Gasteiger partial charge is 0.350 e. The van der Waals surface area contributed by atoms with Crippen molar-refractivity contribution < 1.29 is 18.0 Å². The van der Waals surface area contributed by atoms with Gasteiger partial charge in [-0.05, 0) is 75.9 Å². The lowest BCUT2D eigenvalue weighted by molar-refractivity contribution is -0.141. The molecular formula is C32H41N3O4S. The Morgan fingerprint density at radius 3 is 1.95 bits per heavy atom. The Morgan fingerprint density at radius 2 is 1.43 bits per heavy atom. The third kappa shape index (κ3) is 7.94.